The van der Waals surface area contributed by atoms with E-state index in [4.69, 9.17) is 28.4 Å². The molecule has 7 N–H and O–H groups in total. The van der Waals surface area contributed by atoms with E-state index in [2.05, 4.69) is 38.2 Å². The minimum absolute atomic E-state index is 0.0586. The van der Waals surface area contributed by atoms with Crippen molar-refractivity contribution in [3.63, 3.8) is 0 Å². The second kappa shape index (κ2) is 40.2. The summed E-state index contributed by atoms with van der Waals surface area (Å²) in [5.74, 6) is -0.385. The average Bonchev–Trinajstić information content (AvgIpc) is 3.31. The number of esters is 1. The number of unbranched alkanes of at least 4 members (excludes halogenated alkanes) is 24. The summed E-state index contributed by atoms with van der Waals surface area (Å²) in [7, 11) is 0. The Morgan fingerprint density at radius 3 is 1.38 bits per heavy atom. The third-order valence-electron chi connectivity index (χ3n) is 12.7. The Labute approximate surface area is 398 Å². The highest BCUT2D eigenvalue weighted by molar-refractivity contribution is 5.69. The monoisotopic (exact) mass is 945 g/mol. The fraction of sp³-hybridized carbons (Fsp3) is 0.904. The van der Waals surface area contributed by atoms with Gasteiger partial charge in [0.2, 0.25) is 0 Å². The Bertz CT molecular complexity index is 1190. The molecule has 0 aromatic rings. The van der Waals surface area contributed by atoms with Gasteiger partial charge in [0.25, 0.3) is 0 Å². The SMILES string of the molecule is CCCCCCC/C=C\CCCCCCCC(=O)OC(COCCCCCCCCCC/C=C\CCCCCCCC)COC1OC(COC2OC(CO)C(O)C(O)C2O)C(O)C(O)C1O. The van der Waals surface area contributed by atoms with Gasteiger partial charge in [-0.05, 0) is 64.2 Å². The first-order chi connectivity index (χ1) is 32.1. The van der Waals surface area contributed by atoms with Crippen molar-refractivity contribution in [2.24, 2.45) is 0 Å². The smallest absolute Gasteiger partial charge is 0.306 e. The van der Waals surface area contributed by atoms with Crippen molar-refractivity contribution in [2.75, 3.05) is 33.0 Å². The number of aliphatic hydroxyl groups is 7. The van der Waals surface area contributed by atoms with Crippen LogP contribution in [0.4, 0.5) is 0 Å². The van der Waals surface area contributed by atoms with Gasteiger partial charge in [-0.15, -0.1) is 0 Å². The molecular formula is C52H96O14. The average molecular weight is 945 g/mol. The summed E-state index contributed by atoms with van der Waals surface area (Å²) in [6, 6.07) is 0. The molecule has 14 heteroatoms. The summed E-state index contributed by atoms with van der Waals surface area (Å²) in [5, 5.41) is 72.1. The van der Waals surface area contributed by atoms with Crippen LogP contribution in [0.1, 0.15) is 200 Å². The highest BCUT2D eigenvalue weighted by Gasteiger charge is 2.47. The molecule has 2 saturated heterocycles. The normalized spacial score (nSPS) is 26.4. The van der Waals surface area contributed by atoms with Gasteiger partial charge in [-0.1, -0.05) is 154 Å². The minimum Gasteiger partial charge on any atom is -0.457 e. The van der Waals surface area contributed by atoms with Crippen LogP contribution < -0.4 is 0 Å². The Morgan fingerprint density at radius 2 is 0.894 bits per heavy atom. The number of aliphatic hydroxyl groups excluding tert-OH is 7. The lowest BCUT2D eigenvalue weighted by atomic mass is 9.98. The maximum absolute atomic E-state index is 13.0. The summed E-state index contributed by atoms with van der Waals surface area (Å²) < 4.78 is 34.3. The largest absolute Gasteiger partial charge is 0.457 e. The molecule has 0 spiro atoms. The van der Waals surface area contributed by atoms with Crippen LogP contribution in [0.5, 0.6) is 0 Å². The first kappa shape index (κ1) is 60.6. The molecule has 0 aliphatic carbocycles. The van der Waals surface area contributed by atoms with Crippen molar-refractivity contribution in [1.82, 2.24) is 0 Å². The van der Waals surface area contributed by atoms with Crippen molar-refractivity contribution in [3.05, 3.63) is 24.3 Å². The van der Waals surface area contributed by atoms with E-state index in [-0.39, 0.29) is 25.6 Å². The van der Waals surface area contributed by atoms with E-state index in [1.54, 1.807) is 0 Å². The van der Waals surface area contributed by atoms with E-state index in [0.29, 0.717) is 13.0 Å². The number of rotatable bonds is 42. The van der Waals surface area contributed by atoms with Gasteiger partial charge in [-0.25, -0.2) is 0 Å². The molecular weight excluding hydrogens is 849 g/mol. The molecule has 0 saturated carbocycles. The number of carbonyl (C=O) groups is 1. The predicted molar refractivity (Wildman–Crippen MR) is 257 cm³/mol. The molecule has 11 atom stereocenters. The van der Waals surface area contributed by atoms with Crippen molar-refractivity contribution in [3.8, 4) is 0 Å². The zero-order chi connectivity index (χ0) is 48.0. The van der Waals surface area contributed by atoms with Gasteiger partial charge < -0.3 is 64.2 Å². The van der Waals surface area contributed by atoms with Crippen molar-refractivity contribution < 1.29 is 69.0 Å². The Kier molecular flexibility index (Phi) is 36.9. The van der Waals surface area contributed by atoms with Gasteiger partial charge in [0.15, 0.2) is 12.6 Å². The summed E-state index contributed by atoms with van der Waals surface area (Å²) in [4.78, 5) is 13.0. The van der Waals surface area contributed by atoms with E-state index >= 15 is 0 Å². The molecule has 2 aliphatic rings. The third kappa shape index (κ3) is 27.6. The molecule has 388 valence electrons. The van der Waals surface area contributed by atoms with Gasteiger partial charge in [-0.2, -0.15) is 0 Å². The quantitative estimate of drug-likeness (QED) is 0.0175. The van der Waals surface area contributed by atoms with Gasteiger partial charge in [0, 0.05) is 13.0 Å². The maximum Gasteiger partial charge on any atom is 0.306 e. The van der Waals surface area contributed by atoms with E-state index in [1.807, 2.05) is 0 Å². The lowest BCUT2D eigenvalue weighted by Crippen LogP contribution is -2.61. The van der Waals surface area contributed by atoms with E-state index < -0.39 is 80.7 Å². The van der Waals surface area contributed by atoms with Gasteiger partial charge >= 0.3 is 5.97 Å². The lowest BCUT2D eigenvalue weighted by molar-refractivity contribution is -0.332. The first-order valence-corrected chi connectivity index (χ1v) is 26.4. The number of carbonyl (C=O) groups excluding carboxylic acids is 1. The molecule has 11 unspecified atom stereocenters. The van der Waals surface area contributed by atoms with Gasteiger partial charge in [0.05, 0.1) is 26.4 Å². The Hall–Kier alpha value is -1.53. The molecule has 0 radical (unpaired) electrons. The molecule has 2 aliphatic heterocycles. The number of hydrogen-bond acceptors (Lipinski definition) is 14. The maximum atomic E-state index is 13.0. The second-order valence-electron chi connectivity index (χ2n) is 18.7. The fourth-order valence-corrected chi connectivity index (χ4v) is 8.33. The van der Waals surface area contributed by atoms with Crippen LogP contribution in [-0.2, 0) is 33.2 Å². The van der Waals surface area contributed by atoms with E-state index in [1.165, 1.54) is 116 Å². The third-order valence-corrected chi connectivity index (χ3v) is 12.7. The van der Waals surface area contributed by atoms with Crippen LogP contribution in [-0.4, -0.2) is 142 Å². The molecule has 0 amide bonds. The predicted octanol–water partition coefficient (Wildman–Crippen LogP) is 8.02. The van der Waals surface area contributed by atoms with Crippen LogP contribution in [0.25, 0.3) is 0 Å². The highest BCUT2D eigenvalue weighted by Crippen LogP contribution is 2.26. The van der Waals surface area contributed by atoms with Crippen LogP contribution >= 0.6 is 0 Å². The van der Waals surface area contributed by atoms with Crippen molar-refractivity contribution in [2.45, 2.75) is 268 Å². The summed E-state index contributed by atoms with van der Waals surface area (Å²) in [5.41, 5.74) is 0. The molecule has 0 bridgehead atoms. The van der Waals surface area contributed by atoms with Gasteiger partial charge in [-0.3, -0.25) is 4.79 Å². The van der Waals surface area contributed by atoms with Crippen LogP contribution in [0, 0.1) is 0 Å². The van der Waals surface area contributed by atoms with Crippen molar-refractivity contribution in [1.29, 1.82) is 0 Å². The Morgan fingerprint density at radius 1 is 0.485 bits per heavy atom. The summed E-state index contributed by atoms with van der Waals surface area (Å²) >= 11 is 0. The second-order valence-corrected chi connectivity index (χ2v) is 18.7. The fourth-order valence-electron chi connectivity index (χ4n) is 8.33. The van der Waals surface area contributed by atoms with Gasteiger partial charge in [0.1, 0.15) is 54.9 Å². The zero-order valence-corrected chi connectivity index (χ0v) is 41.2. The number of hydrogen-bond donors (Lipinski definition) is 7. The first-order valence-electron chi connectivity index (χ1n) is 26.4. The van der Waals surface area contributed by atoms with Crippen molar-refractivity contribution >= 4 is 5.97 Å². The molecule has 2 heterocycles. The number of ether oxygens (including phenoxy) is 6. The molecule has 2 rings (SSSR count). The molecule has 14 nitrogen and oxygen atoms in total. The topological polar surface area (TPSA) is 214 Å². The van der Waals surface area contributed by atoms with Crippen LogP contribution in [0.3, 0.4) is 0 Å². The summed E-state index contributed by atoms with van der Waals surface area (Å²) in [6.07, 6.45) is 26.6. The highest BCUT2D eigenvalue weighted by atomic mass is 16.7. The molecule has 0 aromatic carbocycles. The summed E-state index contributed by atoms with van der Waals surface area (Å²) in [6.45, 7) is 3.67. The molecule has 2 fully saturated rings. The van der Waals surface area contributed by atoms with E-state index in [9.17, 15) is 40.5 Å². The lowest BCUT2D eigenvalue weighted by Gasteiger charge is -2.42. The van der Waals surface area contributed by atoms with Crippen LogP contribution in [0.2, 0.25) is 0 Å². The molecule has 0 aromatic heterocycles. The van der Waals surface area contributed by atoms with E-state index in [0.717, 1.165) is 57.8 Å². The standard InChI is InChI=1S/C52H96O14/c1-3-5-7-9-11-13-15-17-19-20-21-22-24-26-28-30-32-34-36-61-38-41(64-44(54)35-33-31-29-27-25-23-18-16-14-12-10-8-6-4-2)39-62-51-50(60)48(58)46(56)43(66-51)40-63-52-49(59)47(57)45(55)42(37-53)65-52/h16-19,41-43,45-53,55-60H,3-15,20-40H2,1-2H3/b18-16-,19-17-. The molecule has 66 heavy (non-hydrogen) atoms. The minimum atomic E-state index is -1.71. The number of allylic oxidation sites excluding steroid dienone is 4. The Balaban J connectivity index is 1.76. The van der Waals surface area contributed by atoms with Crippen LogP contribution in [0.15, 0.2) is 24.3 Å². The zero-order valence-electron chi connectivity index (χ0n) is 41.2.